The number of piperazine rings is 1. The average Bonchev–Trinajstić information content (AvgIpc) is 3.04. The predicted molar refractivity (Wildman–Crippen MR) is 112 cm³/mol. The van der Waals surface area contributed by atoms with E-state index in [9.17, 15) is 9.59 Å². The van der Waals surface area contributed by atoms with Crippen LogP contribution in [0.1, 0.15) is 29.8 Å². The van der Waals surface area contributed by atoms with Crippen molar-refractivity contribution in [2.24, 2.45) is 0 Å². The van der Waals surface area contributed by atoms with Crippen molar-refractivity contribution in [1.82, 2.24) is 4.90 Å². The second kappa shape index (κ2) is 7.76. The SMILES string of the molecule is CC(=O)c1ccc(N2CCN(CC(=O)N3c4ccccc4C[C@@H]3C)CC2)cc1. The van der Waals surface area contributed by atoms with Crippen LogP contribution in [-0.4, -0.2) is 55.4 Å². The fourth-order valence-electron chi connectivity index (χ4n) is 4.28. The van der Waals surface area contributed by atoms with E-state index in [4.69, 9.17) is 0 Å². The molecule has 0 radical (unpaired) electrons. The van der Waals surface area contributed by atoms with Crippen molar-refractivity contribution in [2.75, 3.05) is 42.5 Å². The molecule has 1 fully saturated rings. The maximum atomic E-state index is 13.0. The molecule has 1 saturated heterocycles. The normalized spacial score (nSPS) is 19.6. The van der Waals surface area contributed by atoms with Gasteiger partial charge >= 0.3 is 0 Å². The van der Waals surface area contributed by atoms with Crippen LogP contribution < -0.4 is 9.80 Å². The maximum Gasteiger partial charge on any atom is 0.241 e. The molecule has 2 heterocycles. The topological polar surface area (TPSA) is 43.9 Å². The Morgan fingerprint density at radius 1 is 0.964 bits per heavy atom. The van der Waals surface area contributed by atoms with Gasteiger partial charge in [0.1, 0.15) is 0 Å². The summed E-state index contributed by atoms with van der Waals surface area (Å²) >= 11 is 0. The number of anilines is 2. The second-order valence-corrected chi connectivity index (χ2v) is 7.81. The van der Waals surface area contributed by atoms with Gasteiger partial charge in [-0.3, -0.25) is 14.5 Å². The molecule has 0 saturated carbocycles. The first kappa shape index (κ1) is 18.7. The van der Waals surface area contributed by atoms with Crippen LogP contribution in [0.4, 0.5) is 11.4 Å². The number of nitrogens with zero attached hydrogens (tertiary/aromatic N) is 3. The highest BCUT2D eigenvalue weighted by Gasteiger charge is 2.31. The van der Waals surface area contributed by atoms with Crippen molar-refractivity contribution in [3.05, 3.63) is 59.7 Å². The van der Waals surface area contributed by atoms with Crippen LogP contribution in [0.3, 0.4) is 0 Å². The highest BCUT2D eigenvalue weighted by Crippen LogP contribution is 2.32. The van der Waals surface area contributed by atoms with E-state index < -0.39 is 0 Å². The molecule has 2 aromatic rings. The zero-order valence-electron chi connectivity index (χ0n) is 16.6. The molecule has 4 rings (SSSR count). The summed E-state index contributed by atoms with van der Waals surface area (Å²) in [4.78, 5) is 30.9. The van der Waals surface area contributed by atoms with Gasteiger partial charge in [-0.1, -0.05) is 18.2 Å². The highest BCUT2D eigenvalue weighted by molar-refractivity contribution is 5.97. The average molecular weight is 377 g/mol. The second-order valence-electron chi connectivity index (χ2n) is 7.81. The third-order valence-electron chi connectivity index (χ3n) is 5.85. The van der Waals surface area contributed by atoms with Crippen LogP contribution in [0.15, 0.2) is 48.5 Å². The van der Waals surface area contributed by atoms with Gasteiger partial charge in [0, 0.05) is 49.2 Å². The quantitative estimate of drug-likeness (QED) is 0.769. The Kier molecular flexibility index (Phi) is 5.18. The van der Waals surface area contributed by atoms with Gasteiger partial charge in [-0.15, -0.1) is 0 Å². The molecule has 28 heavy (non-hydrogen) atoms. The molecular formula is C23H27N3O2. The van der Waals surface area contributed by atoms with Crippen molar-refractivity contribution in [3.8, 4) is 0 Å². The van der Waals surface area contributed by atoms with Gasteiger partial charge in [0.05, 0.1) is 6.54 Å². The predicted octanol–water partition coefficient (Wildman–Crippen LogP) is 2.99. The molecule has 0 aromatic heterocycles. The zero-order chi connectivity index (χ0) is 19.7. The molecule has 0 N–H and O–H groups in total. The monoisotopic (exact) mass is 377 g/mol. The van der Waals surface area contributed by atoms with E-state index in [1.165, 1.54) is 5.56 Å². The summed E-state index contributed by atoms with van der Waals surface area (Å²) in [5.41, 5.74) is 4.22. The molecule has 2 aliphatic rings. The summed E-state index contributed by atoms with van der Waals surface area (Å²) in [7, 11) is 0. The Labute approximate surface area is 166 Å². The van der Waals surface area contributed by atoms with Crippen molar-refractivity contribution in [3.63, 3.8) is 0 Å². The third-order valence-corrected chi connectivity index (χ3v) is 5.85. The summed E-state index contributed by atoms with van der Waals surface area (Å²) in [6.45, 7) is 7.69. The van der Waals surface area contributed by atoms with Gasteiger partial charge in [-0.05, 0) is 56.2 Å². The number of benzene rings is 2. The van der Waals surface area contributed by atoms with Crippen molar-refractivity contribution >= 4 is 23.1 Å². The Morgan fingerprint density at radius 3 is 2.32 bits per heavy atom. The standard InChI is InChI=1S/C23H27N3O2/c1-17-15-20-5-3-4-6-22(20)26(17)23(28)16-24-11-13-25(14-12-24)21-9-7-19(8-10-21)18(2)27/h3-10,17H,11-16H2,1-2H3/t17-/m0/s1. The first-order chi connectivity index (χ1) is 13.5. The Morgan fingerprint density at radius 2 is 1.64 bits per heavy atom. The lowest BCUT2D eigenvalue weighted by atomic mass is 10.1. The van der Waals surface area contributed by atoms with E-state index in [2.05, 4.69) is 28.9 Å². The van der Waals surface area contributed by atoms with E-state index in [0.29, 0.717) is 6.54 Å². The fraction of sp³-hybridized carbons (Fsp3) is 0.391. The number of Topliss-reactive ketones (excluding diaryl/α,β-unsaturated/α-hetero) is 1. The summed E-state index contributed by atoms with van der Waals surface area (Å²) < 4.78 is 0. The minimum absolute atomic E-state index is 0.0904. The minimum atomic E-state index is 0.0904. The first-order valence-electron chi connectivity index (χ1n) is 10.0. The fourth-order valence-corrected chi connectivity index (χ4v) is 4.28. The van der Waals surface area contributed by atoms with Crippen LogP contribution in [0.25, 0.3) is 0 Å². The van der Waals surface area contributed by atoms with E-state index in [1.54, 1.807) is 6.92 Å². The van der Waals surface area contributed by atoms with E-state index in [1.807, 2.05) is 41.3 Å². The number of amides is 1. The highest BCUT2D eigenvalue weighted by atomic mass is 16.2. The van der Waals surface area contributed by atoms with E-state index in [-0.39, 0.29) is 17.7 Å². The maximum absolute atomic E-state index is 13.0. The van der Waals surface area contributed by atoms with Gasteiger partial charge in [-0.25, -0.2) is 0 Å². The summed E-state index contributed by atoms with van der Waals surface area (Å²) in [5.74, 6) is 0.282. The molecule has 5 heteroatoms. The van der Waals surface area contributed by atoms with Crippen LogP contribution in [0, 0.1) is 0 Å². The Bertz CT molecular complexity index is 870. The molecule has 1 atom stereocenters. The number of fused-ring (bicyclic) bond motifs is 1. The molecule has 2 aromatic carbocycles. The van der Waals surface area contributed by atoms with Gasteiger partial charge < -0.3 is 9.80 Å². The number of hydrogen-bond acceptors (Lipinski definition) is 4. The summed E-state index contributed by atoms with van der Waals surface area (Å²) in [6.07, 6.45) is 0.936. The Balaban J connectivity index is 1.34. The molecule has 0 unspecified atom stereocenters. The number of hydrogen-bond donors (Lipinski definition) is 0. The lowest BCUT2D eigenvalue weighted by molar-refractivity contribution is -0.120. The van der Waals surface area contributed by atoms with Crippen molar-refractivity contribution in [2.45, 2.75) is 26.3 Å². The van der Waals surface area contributed by atoms with E-state index >= 15 is 0 Å². The molecule has 146 valence electrons. The summed E-state index contributed by atoms with van der Waals surface area (Å²) in [6, 6.07) is 16.3. The molecule has 1 amide bonds. The van der Waals surface area contributed by atoms with Crippen molar-refractivity contribution in [1.29, 1.82) is 0 Å². The lowest BCUT2D eigenvalue weighted by Gasteiger charge is -2.36. The number of rotatable bonds is 4. The molecule has 0 bridgehead atoms. The van der Waals surface area contributed by atoms with Gasteiger partial charge in [-0.2, -0.15) is 0 Å². The lowest BCUT2D eigenvalue weighted by Crippen LogP contribution is -2.51. The van der Waals surface area contributed by atoms with Crippen molar-refractivity contribution < 1.29 is 9.59 Å². The number of carbonyl (C=O) groups is 2. The van der Waals surface area contributed by atoms with Gasteiger partial charge in [0.25, 0.3) is 0 Å². The minimum Gasteiger partial charge on any atom is -0.369 e. The van der Waals surface area contributed by atoms with Crippen LogP contribution in [0.5, 0.6) is 0 Å². The molecule has 0 aliphatic carbocycles. The third kappa shape index (κ3) is 3.67. The molecule has 0 spiro atoms. The molecule has 2 aliphatic heterocycles. The molecule has 5 nitrogen and oxygen atoms in total. The van der Waals surface area contributed by atoms with Crippen LogP contribution >= 0.6 is 0 Å². The van der Waals surface area contributed by atoms with Crippen LogP contribution in [-0.2, 0) is 11.2 Å². The zero-order valence-corrected chi connectivity index (χ0v) is 16.6. The Hall–Kier alpha value is -2.66. The number of ketones is 1. The van der Waals surface area contributed by atoms with Gasteiger partial charge in [0.15, 0.2) is 5.78 Å². The largest absolute Gasteiger partial charge is 0.369 e. The van der Waals surface area contributed by atoms with E-state index in [0.717, 1.165) is 49.5 Å². The first-order valence-corrected chi connectivity index (χ1v) is 10.0. The molecular weight excluding hydrogens is 350 g/mol. The number of carbonyl (C=O) groups excluding carboxylic acids is 2. The summed E-state index contributed by atoms with van der Waals surface area (Å²) in [5, 5.41) is 0. The number of para-hydroxylation sites is 1. The van der Waals surface area contributed by atoms with Crippen LogP contribution in [0.2, 0.25) is 0 Å². The smallest absolute Gasteiger partial charge is 0.241 e. The van der Waals surface area contributed by atoms with Gasteiger partial charge in [0.2, 0.25) is 5.91 Å².